The Kier molecular flexibility index (Phi) is 3.41. The Balaban J connectivity index is 1.45. The highest BCUT2D eigenvalue weighted by Crippen LogP contribution is 2.43. The summed E-state index contributed by atoms with van der Waals surface area (Å²) in [7, 11) is 0. The molecule has 0 aromatic heterocycles. The van der Waals surface area contributed by atoms with Gasteiger partial charge in [0.1, 0.15) is 12.2 Å². The molecule has 0 N–H and O–H groups in total. The number of rotatable bonds is 2. The second-order valence-electron chi connectivity index (χ2n) is 7.87. The number of fused-ring (bicyclic) bond motifs is 4. The van der Waals surface area contributed by atoms with Crippen molar-refractivity contribution in [3.63, 3.8) is 0 Å². The van der Waals surface area contributed by atoms with E-state index in [1.54, 1.807) is 24.3 Å². The van der Waals surface area contributed by atoms with E-state index in [9.17, 15) is 9.59 Å². The van der Waals surface area contributed by atoms with Crippen LogP contribution in [0.2, 0.25) is 0 Å². The lowest BCUT2D eigenvalue weighted by atomic mass is 10.0. The smallest absolute Gasteiger partial charge is 0.261 e. The molecule has 0 radical (unpaired) electrons. The van der Waals surface area contributed by atoms with Crippen molar-refractivity contribution in [1.29, 1.82) is 0 Å². The van der Waals surface area contributed by atoms with Crippen molar-refractivity contribution in [1.82, 2.24) is 9.80 Å². The number of nitrogens with zero attached hydrogens (tertiary/aromatic N) is 2. The summed E-state index contributed by atoms with van der Waals surface area (Å²) >= 11 is 0. The van der Waals surface area contributed by atoms with Gasteiger partial charge in [-0.15, -0.1) is 0 Å². The molecule has 0 spiro atoms. The predicted molar refractivity (Wildman–Crippen MR) is 93.7 cm³/mol. The number of hydrogen-bond donors (Lipinski definition) is 0. The van der Waals surface area contributed by atoms with Gasteiger partial charge in [-0.1, -0.05) is 24.3 Å². The van der Waals surface area contributed by atoms with Crippen molar-refractivity contribution in [2.75, 3.05) is 13.1 Å². The van der Waals surface area contributed by atoms with Crippen LogP contribution in [0.1, 0.15) is 41.0 Å². The minimum atomic E-state index is -0.636. The Morgan fingerprint density at radius 2 is 1.69 bits per heavy atom. The van der Waals surface area contributed by atoms with Crippen molar-refractivity contribution in [3.05, 3.63) is 47.5 Å². The van der Waals surface area contributed by atoms with Crippen molar-refractivity contribution in [2.24, 2.45) is 0 Å². The quantitative estimate of drug-likeness (QED) is 0.599. The highest BCUT2D eigenvalue weighted by Gasteiger charge is 2.58. The minimum absolute atomic E-state index is 0.0323. The third-order valence-electron chi connectivity index (χ3n) is 5.88. The Hall–Kier alpha value is -2.02. The third-order valence-corrected chi connectivity index (χ3v) is 5.88. The first-order chi connectivity index (χ1) is 12.5. The fourth-order valence-corrected chi connectivity index (χ4v) is 4.81. The fourth-order valence-electron chi connectivity index (χ4n) is 4.81. The van der Waals surface area contributed by atoms with Crippen LogP contribution in [0.25, 0.3) is 0 Å². The molecule has 26 heavy (non-hydrogen) atoms. The molecule has 4 aliphatic rings. The molecule has 136 valence electrons. The zero-order valence-corrected chi connectivity index (χ0v) is 14.9. The van der Waals surface area contributed by atoms with E-state index in [2.05, 4.69) is 17.1 Å². The van der Waals surface area contributed by atoms with Gasteiger partial charge in [0, 0.05) is 19.1 Å². The van der Waals surface area contributed by atoms with E-state index >= 15 is 0 Å². The Labute approximate surface area is 152 Å². The second kappa shape index (κ2) is 5.49. The van der Waals surface area contributed by atoms with Crippen LogP contribution in [0.15, 0.2) is 36.4 Å². The standard InChI is InChI=1S/C20H22N2O4/c1-20(2)25-16-14-9-5-6-10-21(14)15(17(16)26-20)11-22-18(23)12-7-3-4-8-13(12)19(22)24/h3-8,14-17H,9-11H2,1-2H3/t14-,15-,16-,17+/m0/s1. The number of carbonyl (C=O) groups excluding carboxylic acids is 2. The van der Waals surface area contributed by atoms with Gasteiger partial charge in [0.25, 0.3) is 11.8 Å². The molecule has 2 amide bonds. The van der Waals surface area contributed by atoms with E-state index in [-0.39, 0.29) is 36.1 Å². The van der Waals surface area contributed by atoms with Gasteiger partial charge in [-0.3, -0.25) is 19.4 Å². The predicted octanol–water partition coefficient (Wildman–Crippen LogP) is 1.82. The number of benzene rings is 1. The first kappa shape index (κ1) is 16.2. The maximum atomic E-state index is 12.8. The van der Waals surface area contributed by atoms with E-state index in [0.29, 0.717) is 17.7 Å². The van der Waals surface area contributed by atoms with Crippen LogP contribution in [0.4, 0.5) is 0 Å². The summed E-state index contributed by atoms with van der Waals surface area (Å²) in [5.41, 5.74) is 0.983. The molecule has 2 saturated heterocycles. The zero-order chi connectivity index (χ0) is 18.1. The monoisotopic (exact) mass is 354 g/mol. The molecule has 4 atom stereocenters. The van der Waals surface area contributed by atoms with Gasteiger partial charge >= 0.3 is 0 Å². The fraction of sp³-hybridized carbons (Fsp3) is 0.500. The molecule has 4 aliphatic heterocycles. The van der Waals surface area contributed by atoms with Gasteiger partial charge in [-0.2, -0.15) is 0 Å². The van der Waals surface area contributed by atoms with Crippen LogP contribution in [0.5, 0.6) is 0 Å². The highest BCUT2D eigenvalue weighted by molar-refractivity contribution is 6.21. The van der Waals surface area contributed by atoms with Crippen LogP contribution in [-0.2, 0) is 9.47 Å². The average Bonchev–Trinajstić information content (AvgIpc) is 3.18. The second-order valence-corrected chi connectivity index (χ2v) is 7.87. The number of carbonyl (C=O) groups is 2. The third kappa shape index (κ3) is 2.22. The van der Waals surface area contributed by atoms with Gasteiger partial charge < -0.3 is 9.47 Å². The van der Waals surface area contributed by atoms with E-state index in [4.69, 9.17) is 9.47 Å². The zero-order valence-electron chi connectivity index (χ0n) is 14.9. The van der Waals surface area contributed by atoms with E-state index < -0.39 is 5.79 Å². The SMILES string of the molecule is CC1(C)O[C@@H]2[C@H](O1)[C@H](CN1C(=O)c3ccccc3C1=O)N1CC=CC[C@@H]21. The van der Waals surface area contributed by atoms with Crippen molar-refractivity contribution in [2.45, 2.75) is 50.3 Å². The molecule has 6 nitrogen and oxygen atoms in total. The lowest BCUT2D eigenvalue weighted by Crippen LogP contribution is -2.50. The maximum Gasteiger partial charge on any atom is 0.261 e. The van der Waals surface area contributed by atoms with Gasteiger partial charge in [0.2, 0.25) is 0 Å². The molecular formula is C20H22N2O4. The molecule has 2 fully saturated rings. The largest absolute Gasteiger partial charge is 0.343 e. The Bertz CT molecular complexity index is 783. The van der Waals surface area contributed by atoms with E-state index in [1.165, 1.54) is 4.90 Å². The summed E-state index contributed by atoms with van der Waals surface area (Å²) in [6.07, 6.45) is 5.04. The van der Waals surface area contributed by atoms with Crippen LogP contribution in [0.3, 0.4) is 0 Å². The normalized spacial score (nSPS) is 34.9. The summed E-state index contributed by atoms with van der Waals surface area (Å²) in [6.45, 7) is 4.97. The number of imide groups is 1. The molecule has 0 aliphatic carbocycles. The molecule has 5 rings (SSSR count). The number of amides is 2. The molecule has 1 aromatic rings. The van der Waals surface area contributed by atoms with Gasteiger partial charge in [-0.25, -0.2) is 0 Å². The van der Waals surface area contributed by atoms with Crippen LogP contribution in [0, 0.1) is 0 Å². The van der Waals surface area contributed by atoms with Crippen molar-refractivity contribution < 1.29 is 19.1 Å². The summed E-state index contributed by atoms with van der Waals surface area (Å²) in [6, 6.07) is 7.20. The highest BCUT2D eigenvalue weighted by atomic mass is 16.8. The van der Waals surface area contributed by atoms with Crippen LogP contribution in [-0.4, -0.2) is 64.8 Å². The summed E-state index contributed by atoms with van der Waals surface area (Å²) < 4.78 is 12.4. The molecule has 0 saturated carbocycles. The average molecular weight is 354 g/mol. The number of hydrogen-bond acceptors (Lipinski definition) is 5. The summed E-state index contributed by atoms with van der Waals surface area (Å²) in [5.74, 6) is -1.06. The van der Waals surface area contributed by atoms with Crippen molar-refractivity contribution >= 4 is 11.8 Å². The van der Waals surface area contributed by atoms with Gasteiger partial charge in [0.15, 0.2) is 5.79 Å². The van der Waals surface area contributed by atoms with Crippen LogP contribution >= 0.6 is 0 Å². The molecule has 4 heterocycles. The molecule has 6 heteroatoms. The summed E-state index contributed by atoms with van der Waals surface area (Å²) in [5, 5.41) is 0. The maximum absolute atomic E-state index is 12.8. The Morgan fingerprint density at radius 3 is 2.38 bits per heavy atom. The molecule has 0 bridgehead atoms. The first-order valence-corrected chi connectivity index (χ1v) is 9.18. The molecular weight excluding hydrogens is 332 g/mol. The lowest BCUT2D eigenvalue weighted by molar-refractivity contribution is -0.167. The van der Waals surface area contributed by atoms with Crippen molar-refractivity contribution in [3.8, 4) is 0 Å². The first-order valence-electron chi connectivity index (χ1n) is 9.18. The van der Waals surface area contributed by atoms with Gasteiger partial charge in [-0.05, 0) is 32.4 Å². The summed E-state index contributed by atoms with van der Waals surface area (Å²) in [4.78, 5) is 29.3. The number of ether oxygens (including phenoxy) is 2. The lowest BCUT2D eigenvalue weighted by Gasteiger charge is -2.36. The Morgan fingerprint density at radius 1 is 1.04 bits per heavy atom. The van der Waals surface area contributed by atoms with Gasteiger partial charge in [0.05, 0.1) is 17.2 Å². The molecule has 0 unspecified atom stereocenters. The molecule has 1 aromatic carbocycles. The minimum Gasteiger partial charge on any atom is -0.343 e. The van der Waals surface area contributed by atoms with E-state index in [0.717, 1.165) is 13.0 Å². The van der Waals surface area contributed by atoms with E-state index in [1.807, 2.05) is 13.8 Å². The topological polar surface area (TPSA) is 59.1 Å². The van der Waals surface area contributed by atoms with Crippen LogP contribution < -0.4 is 0 Å².